The maximum Gasteiger partial charge on any atom is 0.296 e. The van der Waals surface area contributed by atoms with Gasteiger partial charge in [-0.15, -0.1) is 10.2 Å². The van der Waals surface area contributed by atoms with Crippen LogP contribution in [0.4, 0.5) is 0 Å². The van der Waals surface area contributed by atoms with E-state index in [0.29, 0.717) is 6.54 Å². The monoisotopic (exact) mass is 244 g/mol. The first-order valence-electron chi connectivity index (χ1n) is 5.78. The molecule has 7 nitrogen and oxygen atoms in total. The van der Waals surface area contributed by atoms with Crippen LogP contribution in [0.15, 0.2) is 24.5 Å². The molecule has 2 aromatic heterocycles. The third-order valence-corrected chi connectivity index (χ3v) is 2.86. The fraction of sp³-hybridized carbons (Fsp3) is 0.364. The second-order valence-electron chi connectivity index (χ2n) is 4.26. The zero-order valence-corrected chi connectivity index (χ0v) is 9.65. The summed E-state index contributed by atoms with van der Waals surface area (Å²) >= 11 is 0. The van der Waals surface area contributed by atoms with Crippen molar-refractivity contribution >= 4 is 5.91 Å². The summed E-state index contributed by atoms with van der Waals surface area (Å²) in [4.78, 5) is 18.0. The fourth-order valence-corrected chi connectivity index (χ4v) is 1.82. The molecule has 3 rings (SSSR count). The van der Waals surface area contributed by atoms with Crippen molar-refractivity contribution in [3.05, 3.63) is 35.9 Å². The SMILES string of the molecule is O=C(c1nn[nH]n1)N(Cc1cccnc1)C1CC1. The molecule has 1 saturated carbocycles. The molecule has 92 valence electrons. The normalized spacial score (nSPS) is 14.4. The van der Waals surface area contributed by atoms with Gasteiger partial charge in [-0.25, -0.2) is 0 Å². The number of hydrogen-bond acceptors (Lipinski definition) is 5. The van der Waals surface area contributed by atoms with Crippen molar-refractivity contribution < 1.29 is 4.79 Å². The predicted octanol–water partition coefficient (Wildman–Crippen LogP) is 0.399. The van der Waals surface area contributed by atoms with Gasteiger partial charge in [0.25, 0.3) is 11.7 Å². The number of carbonyl (C=O) groups is 1. The highest BCUT2D eigenvalue weighted by atomic mass is 16.2. The molecule has 2 heterocycles. The number of pyridine rings is 1. The maximum absolute atomic E-state index is 12.2. The van der Waals surface area contributed by atoms with Gasteiger partial charge >= 0.3 is 0 Å². The van der Waals surface area contributed by atoms with E-state index in [9.17, 15) is 4.79 Å². The Morgan fingerprint density at radius 3 is 3.00 bits per heavy atom. The molecular weight excluding hydrogens is 232 g/mol. The van der Waals surface area contributed by atoms with Crippen molar-refractivity contribution in [3.63, 3.8) is 0 Å². The summed E-state index contributed by atoms with van der Waals surface area (Å²) in [6, 6.07) is 4.10. The molecule has 0 atom stereocenters. The van der Waals surface area contributed by atoms with E-state index < -0.39 is 0 Å². The van der Waals surface area contributed by atoms with Crippen molar-refractivity contribution in [2.75, 3.05) is 0 Å². The van der Waals surface area contributed by atoms with Gasteiger partial charge in [0.15, 0.2) is 0 Å². The first-order valence-corrected chi connectivity index (χ1v) is 5.78. The first kappa shape index (κ1) is 10.8. The lowest BCUT2D eigenvalue weighted by atomic mass is 10.2. The van der Waals surface area contributed by atoms with E-state index in [-0.39, 0.29) is 17.8 Å². The molecule has 1 aliphatic rings. The highest BCUT2D eigenvalue weighted by Gasteiger charge is 2.34. The Labute approximate surface area is 103 Å². The van der Waals surface area contributed by atoms with Crippen LogP contribution in [0.1, 0.15) is 29.0 Å². The summed E-state index contributed by atoms with van der Waals surface area (Å²) < 4.78 is 0. The molecule has 0 aliphatic heterocycles. The highest BCUT2D eigenvalue weighted by Crippen LogP contribution is 2.29. The summed E-state index contributed by atoms with van der Waals surface area (Å²) in [5.41, 5.74) is 1.00. The number of tetrazole rings is 1. The Hall–Kier alpha value is -2.31. The van der Waals surface area contributed by atoms with Gasteiger partial charge in [-0.3, -0.25) is 9.78 Å². The molecule has 1 N–H and O–H groups in total. The second-order valence-corrected chi connectivity index (χ2v) is 4.26. The Bertz CT molecular complexity index is 522. The van der Waals surface area contributed by atoms with Gasteiger partial charge in [-0.1, -0.05) is 6.07 Å². The quantitative estimate of drug-likeness (QED) is 0.841. The number of nitrogens with zero attached hydrogens (tertiary/aromatic N) is 5. The molecule has 0 saturated heterocycles. The zero-order valence-electron chi connectivity index (χ0n) is 9.65. The molecule has 0 radical (unpaired) electrons. The van der Waals surface area contributed by atoms with E-state index in [1.165, 1.54) is 0 Å². The minimum atomic E-state index is -0.185. The maximum atomic E-state index is 12.2. The topological polar surface area (TPSA) is 87.7 Å². The van der Waals surface area contributed by atoms with Crippen LogP contribution in [0.25, 0.3) is 0 Å². The third-order valence-electron chi connectivity index (χ3n) is 2.86. The van der Waals surface area contributed by atoms with E-state index in [1.54, 1.807) is 17.3 Å². The lowest BCUT2D eigenvalue weighted by Crippen LogP contribution is -2.33. The molecule has 7 heteroatoms. The van der Waals surface area contributed by atoms with Crippen LogP contribution in [0.3, 0.4) is 0 Å². The van der Waals surface area contributed by atoms with Crippen LogP contribution in [0.2, 0.25) is 0 Å². The lowest BCUT2D eigenvalue weighted by Gasteiger charge is -2.20. The van der Waals surface area contributed by atoms with Crippen LogP contribution < -0.4 is 0 Å². The smallest absolute Gasteiger partial charge is 0.296 e. The number of aromatic amines is 1. The minimum absolute atomic E-state index is 0.116. The number of amides is 1. The number of H-pyrrole nitrogens is 1. The van der Waals surface area contributed by atoms with Crippen molar-refractivity contribution in [3.8, 4) is 0 Å². The minimum Gasteiger partial charge on any atom is -0.328 e. The van der Waals surface area contributed by atoms with Crippen LogP contribution in [-0.4, -0.2) is 42.5 Å². The van der Waals surface area contributed by atoms with Gasteiger partial charge in [-0.05, 0) is 29.7 Å². The van der Waals surface area contributed by atoms with E-state index >= 15 is 0 Å². The Kier molecular flexibility index (Phi) is 2.71. The summed E-state index contributed by atoms with van der Waals surface area (Å²) in [6.07, 6.45) is 5.54. The van der Waals surface area contributed by atoms with E-state index in [2.05, 4.69) is 25.6 Å². The number of aromatic nitrogens is 5. The van der Waals surface area contributed by atoms with E-state index in [0.717, 1.165) is 18.4 Å². The lowest BCUT2D eigenvalue weighted by molar-refractivity contribution is 0.0717. The van der Waals surface area contributed by atoms with Gasteiger partial charge in [0.2, 0.25) is 0 Å². The van der Waals surface area contributed by atoms with Gasteiger partial charge in [0.05, 0.1) is 0 Å². The molecule has 1 aliphatic carbocycles. The Morgan fingerprint density at radius 2 is 2.39 bits per heavy atom. The molecule has 0 bridgehead atoms. The van der Waals surface area contributed by atoms with E-state index in [1.807, 2.05) is 12.1 Å². The van der Waals surface area contributed by atoms with Crippen molar-refractivity contribution in [1.29, 1.82) is 0 Å². The average Bonchev–Trinajstić information content (AvgIpc) is 3.10. The summed E-state index contributed by atoms with van der Waals surface area (Å²) in [5.74, 6) is -0.0686. The summed E-state index contributed by atoms with van der Waals surface area (Å²) in [6.45, 7) is 0.534. The number of hydrogen-bond donors (Lipinski definition) is 1. The number of carbonyl (C=O) groups excluding carboxylic acids is 1. The van der Waals surface area contributed by atoms with Crippen molar-refractivity contribution in [1.82, 2.24) is 30.5 Å². The average molecular weight is 244 g/mol. The Balaban J connectivity index is 1.79. The van der Waals surface area contributed by atoms with Crippen LogP contribution >= 0.6 is 0 Å². The van der Waals surface area contributed by atoms with Gasteiger partial charge in [-0.2, -0.15) is 5.21 Å². The summed E-state index contributed by atoms with van der Waals surface area (Å²) in [7, 11) is 0. The molecule has 18 heavy (non-hydrogen) atoms. The molecule has 1 fully saturated rings. The van der Waals surface area contributed by atoms with Gasteiger partial charge < -0.3 is 4.90 Å². The highest BCUT2D eigenvalue weighted by molar-refractivity contribution is 5.90. The number of rotatable bonds is 4. The molecule has 1 amide bonds. The molecule has 0 unspecified atom stereocenters. The van der Waals surface area contributed by atoms with Gasteiger partial charge in [0, 0.05) is 25.0 Å². The van der Waals surface area contributed by atoms with Crippen LogP contribution in [0, 0.1) is 0 Å². The third kappa shape index (κ3) is 2.20. The summed E-state index contributed by atoms with van der Waals surface area (Å²) in [5, 5.41) is 13.2. The largest absolute Gasteiger partial charge is 0.328 e. The molecule has 2 aromatic rings. The fourth-order valence-electron chi connectivity index (χ4n) is 1.82. The predicted molar refractivity (Wildman–Crippen MR) is 61.3 cm³/mol. The second kappa shape index (κ2) is 4.52. The Morgan fingerprint density at radius 1 is 1.50 bits per heavy atom. The van der Waals surface area contributed by atoms with Crippen LogP contribution in [-0.2, 0) is 6.54 Å². The molecular formula is C11H12N6O. The van der Waals surface area contributed by atoms with Crippen molar-refractivity contribution in [2.45, 2.75) is 25.4 Å². The van der Waals surface area contributed by atoms with Crippen molar-refractivity contribution in [2.24, 2.45) is 0 Å². The van der Waals surface area contributed by atoms with Crippen LogP contribution in [0.5, 0.6) is 0 Å². The zero-order chi connectivity index (χ0) is 12.4. The number of nitrogens with one attached hydrogen (secondary N) is 1. The first-order chi connectivity index (χ1) is 8.84. The molecule has 0 spiro atoms. The van der Waals surface area contributed by atoms with E-state index in [4.69, 9.17) is 0 Å². The molecule has 0 aromatic carbocycles. The van der Waals surface area contributed by atoms with Gasteiger partial charge in [0.1, 0.15) is 0 Å². The standard InChI is InChI=1S/C11H12N6O/c18-11(10-13-15-16-14-10)17(9-3-4-9)7-8-2-1-5-12-6-8/h1-2,5-6,9H,3-4,7H2,(H,13,14,15,16).